The molecule has 0 fully saturated rings. The second-order valence-corrected chi connectivity index (χ2v) is 14.6. The lowest BCUT2D eigenvalue weighted by molar-refractivity contribution is -0.139. The first-order valence-electron chi connectivity index (χ1n) is 20.4. The van der Waals surface area contributed by atoms with Crippen molar-refractivity contribution in [2.45, 2.75) is 84.3 Å². The summed E-state index contributed by atoms with van der Waals surface area (Å²) >= 11 is 0. The molecule has 0 aliphatic heterocycles. The van der Waals surface area contributed by atoms with Gasteiger partial charge in [-0.3, -0.25) is 0 Å². The fourth-order valence-corrected chi connectivity index (χ4v) is 7.69. The van der Waals surface area contributed by atoms with Crippen LogP contribution in [0, 0.1) is 11.8 Å². The Labute approximate surface area is 349 Å². The number of esters is 1. The Kier molecular flexibility index (Phi) is 17.6. The highest BCUT2D eigenvalue weighted by Gasteiger charge is 2.33. The number of aliphatic hydroxyl groups is 1. The van der Waals surface area contributed by atoms with Crippen LogP contribution in [0.25, 0.3) is 6.08 Å². The average Bonchev–Trinajstić information content (AvgIpc) is 3.26. The van der Waals surface area contributed by atoms with E-state index in [9.17, 15) is 20.1 Å². The molecule has 0 heterocycles. The summed E-state index contributed by atoms with van der Waals surface area (Å²) < 4.78 is 41.8. The van der Waals surface area contributed by atoms with Crippen molar-refractivity contribution in [2.24, 2.45) is 11.8 Å². The van der Waals surface area contributed by atoms with E-state index in [0.717, 1.165) is 42.4 Å². The van der Waals surface area contributed by atoms with Crippen LogP contribution in [-0.2, 0) is 9.53 Å². The van der Waals surface area contributed by atoms with Crippen LogP contribution in [0.1, 0.15) is 100 Å². The maximum absolute atomic E-state index is 12.7. The predicted molar refractivity (Wildman–Crippen MR) is 229 cm³/mol. The van der Waals surface area contributed by atoms with E-state index in [0.29, 0.717) is 34.5 Å². The first-order chi connectivity index (χ1) is 28.5. The van der Waals surface area contributed by atoms with Crippen molar-refractivity contribution < 1.29 is 53.3 Å². The Balaban J connectivity index is 1.68. The fourth-order valence-electron chi connectivity index (χ4n) is 7.69. The third kappa shape index (κ3) is 11.8. The second kappa shape index (κ2) is 22.6. The summed E-state index contributed by atoms with van der Waals surface area (Å²) in [5, 5.41) is 31.3. The zero-order chi connectivity index (χ0) is 43.1. The molecule has 0 aliphatic rings. The van der Waals surface area contributed by atoms with Gasteiger partial charge in [0.05, 0.1) is 41.7 Å². The first kappa shape index (κ1) is 46.1. The molecule has 0 bridgehead atoms. The summed E-state index contributed by atoms with van der Waals surface area (Å²) in [4.78, 5) is 12.7. The molecule has 4 aromatic carbocycles. The Bertz CT molecular complexity index is 1920. The normalized spacial score (nSPS) is 13.5. The highest BCUT2D eigenvalue weighted by atomic mass is 16.6. The number of aromatic hydroxyl groups is 2. The summed E-state index contributed by atoms with van der Waals surface area (Å²) in [5.74, 6) is 2.21. The van der Waals surface area contributed by atoms with Crippen molar-refractivity contribution in [3.63, 3.8) is 0 Å². The summed E-state index contributed by atoms with van der Waals surface area (Å²) in [6.07, 6.45) is 4.85. The number of rotatable bonds is 23. The minimum absolute atomic E-state index is 0.0129. The lowest BCUT2D eigenvalue weighted by Crippen LogP contribution is -2.33. The van der Waals surface area contributed by atoms with E-state index < -0.39 is 24.8 Å². The molecule has 4 rings (SSSR count). The van der Waals surface area contributed by atoms with Crippen LogP contribution in [0.4, 0.5) is 0 Å². The average molecular weight is 815 g/mol. The highest BCUT2D eigenvalue weighted by molar-refractivity contribution is 5.87. The molecule has 0 aliphatic carbocycles. The van der Waals surface area contributed by atoms with Gasteiger partial charge in [0.15, 0.2) is 46.7 Å². The molecule has 0 aromatic heterocycles. The lowest BCUT2D eigenvalue weighted by Gasteiger charge is -2.32. The summed E-state index contributed by atoms with van der Waals surface area (Å²) in [7, 11) is 6.03. The van der Waals surface area contributed by atoms with Crippen molar-refractivity contribution in [3.05, 3.63) is 101 Å². The van der Waals surface area contributed by atoms with Crippen molar-refractivity contribution in [2.75, 3.05) is 41.7 Å². The van der Waals surface area contributed by atoms with E-state index in [1.807, 2.05) is 36.4 Å². The van der Waals surface area contributed by atoms with Crippen LogP contribution >= 0.6 is 0 Å². The molecular formula is C48H62O11. The number of hydrogen-bond acceptors (Lipinski definition) is 11. The van der Waals surface area contributed by atoms with Crippen LogP contribution in [0.15, 0.2) is 78.9 Å². The number of phenolic OH excluding ortho intramolecular Hbond substituents is 2. The molecule has 0 saturated heterocycles. The molecule has 0 amide bonds. The van der Waals surface area contributed by atoms with E-state index in [1.165, 1.54) is 20.3 Å². The molecule has 320 valence electrons. The molecular weight excluding hydrogens is 753 g/mol. The Morgan fingerprint density at radius 1 is 0.644 bits per heavy atom. The number of hydrogen-bond donors (Lipinski definition) is 3. The number of ether oxygens (including phenoxy) is 7. The largest absolute Gasteiger partial charge is 0.508 e. The second-order valence-electron chi connectivity index (χ2n) is 14.6. The zero-order valence-corrected chi connectivity index (χ0v) is 35.9. The van der Waals surface area contributed by atoms with Crippen molar-refractivity contribution >= 4 is 12.0 Å². The third-order valence-corrected chi connectivity index (χ3v) is 11.1. The van der Waals surface area contributed by atoms with Gasteiger partial charge in [-0.1, -0.05) is 71.7 Å². The molecule has 0 saturated carbocycles. The van der Waals surface area contributed by atoms with E-state index in [-0.39, 0.29) is 47.4 Å². The van der Waals surface area contributed by atoms with Crippen LogP contribution < -0.4 is 28.4 Å². The molecule has 0 spiro atoms. The lowest BCUT2D eigenvalue weighted by atomic mass is 9.75. The number of carbonyl (C=O) groups is 1. The van der Waals surface area contributed by atoms with Crippen molar-refractivity contribution in [3.8, 4) is 46.0 Å². The molecule has 59 heavy (non-hydrogen) atoms. The molecule has 3 N–H and O–H groups in total. The fraction of sp³-hybridized carbons (Fsp3) is 0.438. The molecule has 0 radical (unpaired) electrons. The van der Waals surface area contributed by atoms with Crippen LogP contribution in [0.2, 0.25) is 0 Å². The van der Waals surface area contributed by atoms with E-state index in [1.54, 1.807) is 56.7 Å². The quantitative estimate of drug-likeness (QED) is 0.0487. The number of benzene rings is 4. The maximum Gasteiger partial charge on any atom is 0.330 e. The van der Waals surface area contributed by atoms with Gasteiger partial charge in [-0.15, -0.1) is 0 Å². The van der Waals surface area contributed by atoms with Gasteiger partial charge in [-0.2, -0.15) is 0 Å². The number of phenols is 2. The molecule has 4 atom stereocenters. The van der Waals surface area contributed by atoms with Crippen LogP contribution in [0.5, 0.6) is 46.0 Å². The highest BCUT2D eigenvalue weighted by Crippen LogP contribution is 2.44. The third-order valence-electron chi connectivity index (χ3n) is 11.1. The predicted octanol–water partition coefficient (Wildman–Crippen LogP) is 10.0. The molecule has 4 aromatic rings. The van der Waals surface area contributed by atoms with Gasteiger partial charge in [-0.25, -0.2) is 4.79 Å². The summed E-state index contributed by atoms with van der Waals surface area (Å²) in [6.45, 7) is 10.4. The molecule has 11 heteroatoms. The Hall–Kier alpha value is -5.55. The maximum atomic E-state index is 12.7. The van der Waals surface area contributed by atoms with Gasteiger partial charge in [0.2, 0.25) is 5.75 Å². The van der Waals surface area contributed by atoms with Gasteiger partial charge < -0.3 is 48.5 Å². The van der Waals surface area contributed by atoms with E-state index in [2.05, 4.69) is 34.6 Å². The van der Waals surface area contributed by atoms with Gasteiger partial charge in [0.25, 0.3) is 0 Å². The monoisotopic (exact) mass is 814 g/mol. The standard InChI is InChI=1S/C48H62O11/c1-10-32(11-2)34-17-21-39(40(24-34)53-6)59-48(36-26-42(55-8)47(52)43(27-36)56-9)44(28-49)58-38-22-18-35(25-41(38)54-7)46(33(12-3)13-4)30(5)29-57-45(51)23-16-31-14-19-37(50)20-15-31/h14-27,30,32-33,44,46,48-50,52H,10-13,28-29H2,1-9H3/b23-16+. The minimum atomic E-state index is -1.00. The number of methoxy groups -OCH3 is 4. The smallest absolute Gasteiger partial charge is 0.330 e. The molecule has 4 unspecified atom stereocenters. The number of carbonyl (C=O) groups excluding carboxylic acids is 1. The van der Waals surface area contributed by atoms with Gasteiger partial charge in [-0.05, 0) is 108 Å². The van der Waals surface area contributed by atoms with Gasteiger partial charge >= 0.3 is 5.97 Å². The molecule has 11 nitrogen and oxygen atoms in total. The zero-order valence-electron chi connectivity index (χ0n) is 35.9. The van der Waals surface area contributed by atoms with Crippen molar-refractivity contribution in [1.82, 2.24) is 0 Å². The topological polar surface area (TPSA) is 142 Å². The Morgan fingerprint density at radius 2 is 1.17 bits per heavy atom. The van der Waals surface area contributed by atoms with Crippen molar-refractivity contribution in [1.29, 1.82) is 0 Å². The Morgan fingerprint density at radius 3 is 1.69 bits per heavy atom. The number of aliphatic hydroxyl groups excluding tert-OH is 1. The van der Waals surface area contributed by atoms with Gasteiger partial charge in [0.1, 0.15) is 5.75 Å². The minimum Gasteiger partial charge on any atom is -0.508 e. The SMILES string of the molecule is CCC(CC)c1ccc(OC(c2cc(OC)c(O)c(OC)c2)C(CO)Oc2ccc(C(C(C)COC(=O)/C=C/c3ccc(O)cc3)C(CC)CC)cc2OC)c(OC)c1. The summed E-state index contributed by atoms with van der Waals surface area (Å²) in [5.41, 5.74) is 3.40. The van der Waals surface area contributed by atoms with E-state index >= 15 is 0 Å². The van der Waals surface area contributed by atoms with Crippen LogP contribution in [0.3, 0.4) is 0 Å². The first-order valence-corrected chi connectivity index (χ1v) is 20.4. The van der Waals surface area contributed by atoms with Crippen LogP contribution in [-0.4, -0.2) is 69.0 Å². The summed E-state index contributed by atoms with van der Waals surface area (Å²) in [6, 6.07) is 21.4. The van der Waals surface area contributed by atoms with E-state index in [4.69, 9.17) is 33.2 Å². The van der Waals surface area contributed by atoms with Gasteiger partial charge in [0, 0.05) is 11.6 Å².